The Kier molecular flexibility index (Phi) is 5.74. The summed E-state index contributed by atoms with van der Waals surface area (Å²) in [6, 6.07) is 0. The van der Waals surface area contributed by atoms with Crippen LogP contribution < -0.4 is 11.1 Å². The van der Waals surface area contributed by atoms with Crippen LogP contribution in [-0.4, -0.2) is 68.1 Å². The van der Waals surface area contributed by atoms with Crippen LogP contribution in [0, 0.1) is 0 Å². The molecule has 2 heterocycles. The summed E-state index contributed by atoms with van der Waals surface area (Å²) in [7, 11) is 0. The summed E-state index contributed by atoms with van der Waals surface area (Å²) < 4.78 is 0. The first-order valence-electron chi connectivity index (χ1n) is 7.33. The van der Waals surface area contributed by atoms with E-state index in [0.717, 1.165) is 26.2 Å². The molecule has 0 aromatic rings. The minimum absolute atomic E-state index is 0.605. The number of aliphatic imine (C=N–C) groups is 1. The number of guanidine groups is 1. The number of nitrogens with zero attached hydrogens (tertiary/aromatic N) is 3. The molecule has 2 aliphatic rings. The molecule has 0 aromatic carbocycles. The van der Waals surface area contributed by atoms with Crippen molar-refractivity contribution in [2.45, 2.75) is 25.7 Å². The van der Waals surface area contributed by atoms with Gasteiger partial charge in [-0.3, -0.25) is 4.99 Å². The Morgan fingerprint density at radius 1 is 0.944 bits per heavy atom. The third-order valence-corrected chi connectivity index (χ3v) is 3.83. The maximum Gasteiger partial charge on any atom is 0.188 e. The normalized spacial score (nSPS) is 22.8. The van der Waals surface area contributed by atoms with E-state index in [1.54, 1.807) is 0 Å². The minimum atomic E-state index is 0.605. The number of nitrogens with two attached hydrogens (primary N) is 1. The number of likely N-dealkylation sites (tertiary alicyclic amines) is 2. The molecule has 2 rings (SSSR count). The zero-order valence-electron chi connectivity index (χ0n) is 11.4. The lowest BCUT2D eigenvalue weighted by molar-refractivity contribution is 0.342. The van der Waals surface area contributed by atoms with Gasteiger partial charge in [0.25, 0.3) is 0 Å². The Hall–Kier alpha value is -0.810. The molecule has 0 radical (unpaired) electrons. The van der Waals surface area contributed by atoms with Gasteiger partial charge >= 0.3 is 0 Å². The second kappa shape index (κ2) is 7.59. The van der Waals surface area contributed by atoms with Crippen molar-refractivity contribution in [2.24, 2.45) is 10.7 Å². The molecule has 18 heavy (non-hydrogen) atoms. The van der Waals surface area contributed by atoms with Crippen LogP contribution in [0.5, 0.6) is 0 Å². The number of rotatable bonds is 6. The standard InChI is InChI=1S/C13H27N5/c14-13(15-5-11-17-7-1-2-8-17)16-6-12-18-9-3-4-10-18/h1-12H2,(H3,14,15,16). The van der Waals surface area contributed by atoms with Crippen molar-refractivity contribution in [3.63, 3.8) is 0 Å². The van der Waals surface area contributed by atoms with Gasteiger partial charge in [0.05, 0.1) is 6.54 Å². The second-order valence-electron chi connectivity index (χ2n) is 5.29. The van der Waals surface area contributed by atoms with Crippen LogP contribution in [-0.2, 0) is 0 Å². The molecule has 0 spiro atoms. The van der Waals surface area contributed by atoms with Gasteiger partial charge in [0.15, 0.2) is 5.96 Å². The lowest BCUT2D eigenvalue weighted by Crippen LogP contribution is -2.38. The third-order valence-electron chi connectivity index (χ3n) is 3.83. The van der Waals surface area contributed by atoms with Crippen molar-refractivity contribution < 1.29 is 0 Å². The maximum absolute atomic E-state index is 5.85. The molecule has 5 nitrogen and oxygen atoms in total. The van der Waals surface area contributed by atoms with Gasteiger partial charge in [0.1, 0.15) is 0 Å². The molecule has 0 unspecified atom stereocenters. The van der Waals surface area contributed by atoms with E-state index in [1.165, 1.54) is 51.9 Å². The summed E-state index contributed by atoms with van der Waals surface area (Å²) in [6.07, 6.45) is 5.37. The summed E-state index contributed by atoms with van der Waals surface area (Å²) in [4.78, 5) is 9.31. The Balaban J connectivity index is 1.51. The summed E-state index contributed by atoms with van der Waals surface area (Å²) in [5.74, 6) is 0.605. The average Bonchev–Trinajstić information content (AvgIpc) is 3.01. The largest absolute Gasteiger partial charge is 0.370 e. The van der Waals surface area contributed by atoms with Gasteiger partial charge in [-0.2, -0.15) is 0 Å². The van der Waals surface area contributed by atoms with Gasteiger partial charge < -0.3 is 20.9 Å². The summed E-state index contributed by atoms with van der Waals surface area (Å²) in [5.41, 5.74) is 5.85. The van der Waals surface area contributed by atoms with Crippen LogP contribution in [0.3, 0.4) is 0 Å². The van der Waals surface area contributed by atoms with Gasteiger partial charge in [0.2, 0.25) is 0 Å². The van der Waals surface area contributed by atoms with E-state index in [2.05, 4.69) is 20.1 Å². The van der Waals surface area contributed by atoms with Crippen molar-refractivity contribution >= 4 is 5.96 Å². The third kappa shape index (κ3) is 4.82. The van der Waals surface area contributed by atoms with Gasteiger partial charge in [-0.05, 0) is 51.9 Å². The molecule has 2 fully saturated rings. The van der Waals surface area contributed by atoms with E-state index in [4.69, 9.17) is 5.73 Å². The van der Waals surface area contributed by atoms with Crippen LogP contribution in [0.15, 0.2) is 4.99 Å². The number of hydrogen-bond acceptors (Lipinski definition) is 3. The highest BCUT2D eigenvalue weighted by Gasteiger charge is 2.11. The predicted octanol–water partition coefficient (Wildman–Crippen LogP) is 0.0823. The number of nitrogens with one attached hydrogen (secondary N) is 1. The molecular formula is C13H27N5. The highest BCUT2D eigenvalue weighted by atomic mass is 15.2. The van der Waals surface area contributed by atoms with Crippen LogP contribution in [0.1, 0.15) is 25.7 Å². The van der Waals surface area contributed by atoms with Crippen molar-refractivity contribution in [1.29, 1.82) is 0 Å². The summed E-state index contributed by atoms with van der Waals surface area (Å²) in [6.45, 7) is 8.83. The Labute approximate surface area is 110 Å². The second-order valence-corrected chi connectivity index (χ2v) is 5.29. The van der Waals surface area contributed by atoms with Crippen LogP contribution in [0.2, 0.25) is 0 Å². The van der Waals surface area contributed by atoms with E-state index >= 15 is 0 Å². The SMILES string of the molecule is NC(=NCCN1CCCC1)NCCN1CCCC1. The van der Waals surface area contributed by atoms with Gasteiger partial charge in [-0.1, -0.05) is 0 Å². The smallest absolute Gasteiger partial charge is 0.188 e. The van der Waals surface area contributed by atoms with Gasteiger partial charge in [-0.15, -0.1) is 0 Å². The quantitative estimate of drug-likeness (QED) is 0.520. The predicted molar refractivity (Wildman–Crippen MR) is 75.8 cm³/mol. The molecular weight excluding hydrogens is 226 g/mol. The molecule has 5 heteroatoms. The monoisotopic (exact) mass is 253 g/mol. The molecule has 0 aromatic heterocycles. The van der Waals surface area contributed by atoms with Crippen molar-refractivity contribution in [3.8, 4) is 0 Å². The molecule has 0 aliphatic carbocycles. The Morgan fingerprint density at radius 3 is 2.11 bits per heavy atom. The van der Waals surface area contributed by atoms with E-state index in [9.17, 15) is 0 Å². The first-order chi connectivity index (χ1) is 8.84. The highest BCUT2D eigenvalue weighted by molar-refractivity contribution is 5.77. The van der Waals surface area contributed by atoms with Crippen LogP contribution in [0.25, 0.3) is 0 Å². The van der Waals surface area contributed by atoms with Crippen molar-refractivity contribution in [2.75, 3.05) is 52.4 Å². The Morgan fingerprint density at radius 2 is 1.50 bits per heavy atom. The van der Waals surface area contributed by atoms with E-state index in [1.807, 2.05) is 0 Å². The first-order valence-corrected chi connectivity index (χ1v) is 7.33. The average molecular weight is 253 g/mol. The van der Waals surface area contributed by atoms with E-state index in [0.29, 0.717) is 5.96 Å². The highest BCUT2D eigenvalue weighted by Crippen LogP contribution is 2.06. The lowest BCUT2D eigenvalue weighted by Gasteiger charge is -2.15. The molecule has 2 aliphatic heterocycles. The van der Waals surface area contributed by atoms with Gasteiger partial charge in [-0.25, -0.2) is 0 Å². The van der Waals surface area contributed by atoms with Crippen LogP contribution >= 0.6 is 0 Å². The first kappa shape index (κ1) is 13.6. The molecule has 104 valence electrons. The zero-order valence-corrected chi connectivity index (χ0v) is 11.4. The fourth-order valence-corrected chi connectivity index (χ4v) is 2.72. The molecule has 0 saturated carbocycles. The molecule has 3 N–H and O–H groups in total. The van der Waals surface area contributed by atoms with E-state index < -0.39 is 0 Å². The fourth-order valence-electron chi connectivity index (χ4n) is 2.72. The minimum Gasteiger partial charge on any atom is -0.370 e. The van der Waals surface area contributed by atoms with Crippen molar-refractivity contribution in [1.82, 2.24) is 15.1 Å². The lowest BCUT2D eigenvalue weighted by atomic mass is 10.4. The Bertz CT molecular complexity index is 254. The summed E-state index contributed by atoms with van der Waals surface area (Å²) >= 11 is 0. The number of hydrogen-bond donors (Lipinski definition) is 2. The fraction of sp³-hybridized carbons (Fsp3) is 0.923. The topological polar surface area (TPSA) is 56.9 Å². The zero-order chi connectivity index (χ0) is 12.6. The van der Waals surface area contributed by atoms with E-state index in [-0.39, 0.29) is 0 Å². The molecule has 0 amide bonds. The molecule has 0 bridgehead atoms. The maximum atomic E-state index is 5.85. The van der Waals surface area contributed by atoms with Crippen LogP contribution in [0.4, 0.5) is 0 Å². The molecule has 0 atom stereocenters. The molecule has 2 saturated heterocycles. The van der Waals surface area contributed by atoms with Gasteiger partial charge in [0, 0.05) is 19.6 Å². The summed E-state index contributed by atoms with van der Waals surface area (Å²) in [5, 5.41) is 3.20. The van der Waals surface area contributed by atoms with Crippen molar-refractivity contribution in [3.05, 3.63) is 0 Å².